The quantitative estimate of drug-likeness (QED) is 0.182. The van der Waals surface area contributed by atoms with Crippen LogP contribution in [0, 0.1) is 29.5 Å². The fourth-order valence-corrected chi connectivity index (χ4v) is 6.63. The van der Waals surface area contributed by atoms with Gasteiger partial charge in [-0.05, 0) is 98.3 Å². The number of ketones is 2. The lowest BCUT2D eigenvalue weighted by molar-refractivity contribution is -0.139. The van der Waals surface area contributed by atoms with E-state index in [1.807, 2.05) is 26.0 Å². The number of carboxylic acids is 2. The molecule has 2 aliphatic carbocycles. The molecular weight excluding hydrogens is 561 g/mol. The zero-order valence-electron chi connectivity index (χ0n) is 26.5. The second-order valence-electron chi connectivity index (χ2n) is 13.2. The third-order valence-corrected chi connectivity index (χ3v) is 9.20. The number of Topliss-reactive ketones (excluding diaryl/α,β-unsaturated/α-hetero) is 2. The van der Waals surface area contributed by atoms with E-state index in [4.69, 9.17) is 15.9 Å². The average Bonchev–Trinajstić information content (AvgIpc) is 2.97. The molecule has 0 unspecified atom stereocenters. The van der Waals surface area contributed by atoms with E-state index in [1.54, 1.807) is 32.0 Å². The van der Waals surface area contributed by atoms with Crippen LogP contribution in [0.5, 0.6) is 0 Å². The van der Waals surface area contributed by atoms with Gasteiger partial charge < -0.3 is 15.9 Å². The number of halogens is 1. The molecule has 0 amide bonds. The Labute approximate surface area is 260 Å². The first-order valence-electron chi connectivity index (χ1n) is 16.0. The summed E-state index contributed by atoms with van der Waals surface area (Å²) in [5.41, 5.74) is 9.72. The average molecular weight is 610 g/mol. The summed E-state index contributed by atoms with van der Waals surface area (Å²) in [6.07, 6.45) is 7.55. The smallest absolute Gasteiger partial charge is 0.303 e. The van der Waals surface area contributed by atoms with E-state index in [-0.39, 0.29) is 59.8 Å². The molecule has 0 aromatic heterocycles. The summed E-state index contributed by atoms with van der Waals surface area (Å²) in [5.74, 6) is -0.872. The molecule has 44 heavy (non-hydrogen) atoms. The molecule has 0 bridgehead atoms. The monoisotopic (exact) mass is 609 g/mol. The Morgan fingerprint density at radius 3 is 1.43 bits per heavy atom. The predicted molar refractivity (Wildman–Crippen MR) is 169 cm³/mol. The van der Waals surface area contributed by atoms with Crippen LogP contribution in [0.2, 0.25) is 0 Å². The Kier molecular flexibility index (Phi) is 12.7. The van der Waals surface area contributed by atoms with Gasteiger partial charge >= 0.3 is 11.9 Å². The number of hydrogen-bond acceptors (Lipinski definition) is 5. The number of carboxylic acid groups (broad SMARTS) is 2. The fourth-order valence-electron chi connectivity index (χ4n) is 6.63. The van der Waals surface area contributed by atoms with Crippen molar-refractivity contribution in [3.05, 3.63) is 64.5 Å². The van der Waals surface area contributed by atoms with Crippen molar-refractivity contribution in [3.63, 3.8) is 0 Å². The maximum atomic E-state index is 14.3. The first-order valence-corrected chi connectivity index (χ1v) is 16.0. The van der Waals surface area contributed by atoms with Gasteiger partial charge in [-0.1, -0.05) is 52.0 Å². The second-order valence-corrected chi connectivity index (χ2v) is 13.2. The summed E-state index contributed by atoms with van der Waals surface area (Å²) < 4.78 is 14.3. The highest BCUT2D eigenvalue weighted by Gasteiger charge is 2.27. The first kappa shape index (κ1) is 34.9. The van der Waals surface area contributed by atoms with E-state index in [0.717, 1.165) is 56.9 Å². The van der Waals surface area contributed by atoms with Gasteiger partial charge in [0.15, 0.2) is 11.6 Å². The van der Waals surface area contributed by atoms with E-state index < -0.39 is 11.9 Å². The number of rotatable bonds is 10. The third kappa shape index (κ3) is 9.73. The van der Waals surface area contributed by atoms with Crippen molar-refractivity contribution in [1.82, 2.24) is 0 Å². The van der Waals surface area contributed by atoms with Gasteiger partial charge in [-0.2, -0.15) is 0 Å². The van der Waals surface area contributed by atoms with Gasteiger partial charge in [0.2, 0.25) is 0 Å². The third-order valence-electron chi connectivity index (χ3n) is 9.20. The number of hydrogen-bond donors (Lipinski definition) is 3. The maximum Gasteiger partial charge on any atom is 0.303 e. The van der Waals surface area contributed by atoms with Gasteiger partial charge in [-0.15, -0.1) is 0 Å². The highest BCUT2D eigenvalue weighted by atomic mass is 19.1. The van der Waals surface area contributed by atoms with Crippen molar-refractivity contribution in [1.29, 1.82) is 0 Å². The van der Waals surface area contributed by atoms with Crippen molar-refractivity contribution in [2.45, 2.75) is 104 Å². The molecule has 8 heteroatoms. The molecule has 4 N–H and O–H groups in total. The molecule has 2 aromatic carbocycles. The van der Waals surface area contributed by atoms with E-state index in [9.17, 15) is 23.6 Å². The molecule has 2 aromatic rings. The van der Waals surface area contributed by atoms with Crippen LogP contribution in [0.4, 0.5) is 10.1 Å². The molecule has 0 atom stereocenters. The van der Waals surface area contributed by atoms with Gasteiger partial charge in [-0.25, -0.2) is 4.39 Å². The second kappa shape index (κ2) is 16.0. The Morgan fingerprint density at radius 1 is 0.682 bits per heavy atom. The Hall–Kier alpha value is -3.55. The van der Waals surface area contributed by atoms with Crippen LogP contribution in [-0.2, 0) is 9.59 Å². The zero-order chi connectivity index (χ0) is 32.6. The van der Waals surface area contributed by atoms with E-state index >= 15 is 0 Å². The molecule has 240 valence electrons. The van der Waals surface area contributed by atoms with E-state index in [1.165, 1.54) is 6.07 Å². The fraction of sp³-hybridized carbons (Fsp3) is 0.556. The number of anilines is 1. The Bertz CT molecular complexity index is 1220. The summed E-state index contributed by atoms with van der Waals surface area (Å²) in [6.45, 7) is 7.38. The summed E-state index contributed by atoms with van der Waals surface area (Å²) >= 11 is 0. The number of aliphatic carboxylic acids is 2. The predicted octanol–water partition coefficient (Wildman–Crippen LogP) is 8.27. The van der Waals surface area contributed by atoms with Crippen LogP contribution >= 0.6 is 0 Å². The highest BCUT2D eigenvalue weighted by Crippen LogP contribution is 2.40. The molecule has 0 radical (unpaired) electrons. The van der Waals surface area contributed by atoms with Gasteiger partial charge in [0.05, 0.1) is 0 Å². The molecule has 0 aliphatic heterocycles. The molecule has 4 rings (SSSR count). The van der Waals surface area contributed by atoms with Crippen LogP contribution in [0.3, 0.4) is 0 Å². The lowest BCUT2D eigenvalue weighted by atomic mass is 9.77. The number of carbonyl (C=O) groups is 4. The van der Waals surface area contributed by atoms with Crippen LogP contribution in [0.25, 0.3) is 0 Å². The Morgan fingerprint density at radius 2 is 1.07 bits per heavy atom. The van der Waals surface area contributed by atoms with Crippen LogP contribution in [0.15, 0.2) is 36.4 Å². The van der Waals surface area contributed by atoms with E-state index in [2.05, 4.69) is 0 Å². The SMILES string of the molecule is CC(C)C(=O)c1ccc(C2CCC(CC(=O)O)CC2)c(F)c1.CC(C)C(=O)c1ccc(C2CCC(CC(=O)O)CC2)c(N)c1. The first-order chi connectivity index (χ1) is 20.8. The molecule has 2 saturated carbocycles. The van der Waals surface area contributed by atoms with E-state index in [0.29, 0.717) is 28.3 Å². The summed E-state index contributed by atoms with van der Waals surface area (Å²) in [6, 6.07) is 10.4. The molecule has 2 aliphatic rings. The molecule has 7 nitrogen and oxygen atoms in total. The molecule has 2 fully saturated rings. The number of benzene rings is 2. The normalized spacial score (nSPS) is 21.8. The van der Waals surface area contributed by atoms with Crippen LogP contribution < -0.4 is 5.73 Å². The summed E-state index contributed by atoms with van der Waals surface area (Å²) in [7, 11) is 0. The Balaban J connectivity index is 0.000000240. The standard InChI is InChI=1S/C18H23FO3.C18H25NO3/c2*1-11(2)18(22)14-7-8-15(16(19)10-14)13-5-3-12(4-6-13)9-17(20)21/h7-8,10-13H,3-6,9H2,1-2H3,(H,20,21);7-8,10-13H,3-6,9,19H2,1-2H3,(H,20,21). The van der Waals surface area contributed by atoms with Gasteiger partial charge in [0.1, 0.15) is 5.82 Å². The largest absolute Gasteiger partial charge is 0.481 e. The lowest BCUT2D eigenvalue weighted by Crippen LogP contribution is -2.17. The number of nitrogen functional groups attached to an aromatic ring is 1. The summed E-state index contributed by atoms with van der Waals surface area (Å²) in [4.78, 5) is 45.4. The van der Waals surface area contributed by atoms with Crippen molar-refractivity contribution in [3.8, 4) is 0 Å². The molecule has 0 saturated heterocycles. The van der Waals surface area contributed by atoms with Crippen molar-refractivity contribution < 1.29 is 33.8 Å². The van der Waals surface area contributed by atoms with Crippen LogP contribution in [-0.4, -0.2) is 33.7 Å². The van der Waals surface area contributed by atoms with Gasteiger partial charge in [0.25, 0.3) is 0 Å². The highest BCUT2D eigenvalue weighted by molar-refractivity contribution is 5.98. The lowest BCUT2D eigenvalue weighted by Gasteiger charge is -2.28. The van der Waals surface area contributed by atoms with Gasteiger partial charge in [0, 0.05) is 41.5 Å². The minimum Gasteiger partial charge on any atom is -0.481 e. The minimum absolute atomic E-state index is 0.0308. The zero-order valence-corrected chi connectivity index (χ0v) is 26.5. The molecule has 0 heterocycles. The van der Waals surface area contributed by atoms with Crippen LogP contribution in [0.1, 0.15) is 136 Å². The number of carbonyl (C=O) groups excluding carboxylic acids is 2. The van der Waals surface area contributed by atoms with Crippen molar-refractivity contribution in [2.24, 2.45) is 23.7 Å². The minimum atomic E-state index is -0.758. The molecule has 0 spiro atoms. The van der Waals surface area contributed by atoms with Gasteiger partial charge in [-0.3, -0.25) is 19.2 Å². The maximum absolute atomic E-state index is 14.3. The van der Waals surface area contributed by atoms with Crippen molar-refractivity contribution >= 4 is 29.2 Å². The topological polar surface area (TPSA) is 135 Å². The molecular formula is C36H48FNO6. The number of nitrogens with two attached hydrogens (primary N) is 1. The summed E-state index contributed by atoms with van der Waals surface area (Å²) in [5, 5.41) is 17.7. The van der Waals surface area contributed by atoms with Crippen molar-refractivity contribution in [2.75, 3.05) is 5.73 Å².